The fourth-order valence-electron chi connectivity index (χ4n) is 1.55. The number of hydrogen-bond donors (Lipinski definition) is 2. The average molecular weight is 243 g/mol. The van der Waals surface area contributed by atoms with Crippen LogP contribution in [0.1, 0.15) is 21.6 Å². The van der Waals surface area contributed by atoms with Gasteiger partial charge in [-0.05, 0) is 18.1 Å². The molecule has 0 amide bonds. The molecule has 0 saturated heterocycles. The molecule has 0 atom stereocenters. The highest BCUT2D eigenvalue weighted by Gasteiger charge is 2.06. The van der Waals surface area contributed by atoms with E-state index in [9.17, 15) is 4.79 Å². The fourth-order valence-corrected chi connectivity index (χ4v) is 1.55. The molecule has 2 aromatic rings. The normalized spacial score (nSPS) is 10.1. The number of aryl methyl sites for hydroxylation is 1. The Morgan fingerprint density at radius 1 is 1.33 bits per heavy atom. The van der Waals surface area contributed by atoms with E-state index in [0.29, 0.717) is 12.4 Å². The maximum absolute atomic E-state index is 10.8. The number of carboxylic acid groups (broad SMARTS) is 1. The second-order valence-electron chi connectivity index (χ2n) is 3.87. The lowest BCUT2D eigenvalue weighted by molar-refractivity contribution is 0.0690. The lowest BCUT2D eigenvalue weighted by Crippen LogP contribution is -2.07. The van der Waals surface area contributed by atoms with Gasteiger partial charge in [0.1, 0.15) is 5.82 Å². The van der Waals surface area contributed by atoms with Crippen LogP contribution in [0.2, 0.25) is 0 Å². The maximum Gasteiger partial charge on any atom is 0.356 e. The quantitative estimate of drug-likeness (QED) is 0.860. The third kappa shape index (κ3) is 2.82. The van der Waals surface area contributed by atoms with E-state index < -0.39 is 5.97 Å². The van der Waals surface area contributed by atoms with Crippen LogP contribution in [0.3, 0.4) is 0 Å². The number of aromatic carboxylic acids is 1. The van der Waals surface area contributed by atoms with Crippen LogP contribution in [-0.2, 0) is 6.54 Å². The van der Waals surface area contributed by atoms with Gasteiger partial charge in [0.15, 0.2) is 5.69 Å². The molecule has 0 aliphatic rings. The van der Waals surface area contributed by atoms with E-state index >= 15 is 0 Å². The summed E-state index contributed by atoms with van der Waals surface area (Å²) in [7, 11) is 0. The number of rotatable bonds is 4. The number of carboxylic acids is 1. The Kier molecular flexibility index (Phi) is 3.52. The molecular formula is C13H13N3O2. The van der Waals surface area contributed by atoms with Crippen molar-refractivity contribution < 1.29 is 9.90 Å². The standard InChI is InChI=1S/C13H13N3O2/c1-9-4-2-3-5-10(9)6-15-12-8-14-7-11(16-12)13(17)18/h2-5,7-8H,6H2,1H3,(H,15,16)(H,17,18). The first-order valence-corrected chi connectivity index (χ1v) is 5.50. The maximum atomic E-state index is 10.8. The molecule has 1 aromatic heterocycles. The third-order valence-electron chi connectivity index (χ3n) is 2.57. The van der Waals surface area contributed by atoms with Gasteiger partial charge in [0.2, 0.25) is 0 Å². The Morgan fingerprint density at radius 2 is 2.11 bits per heavy atom. The lowest BCUT2D eigenvalue weighted by Gasteiger charge is -2.08. The van der Waals surface area contributed by atoms with Crippen LogP contribution in [0.15, 0.2) is 36.7 Å². The van der Waals surface area contributed by atoms with Gasteiger partial charge in [0.05, 0.1) is 12.4 Å². The SMILES string of the molecule is Cc1ccccc1CNc1cncc(C(=O)O)n1. The van der Waals surface area contributed by atoms with E-state index in [1.54, 1.807) is 0 Å². The summed E-state index contributed by atoms with van der Waals surface area (Å²) in [5.41, 5.74) is 2.25. The zero-order chi connectivity index (χ0) is 13.0. The largest absolute Gasteiger partial charge is 0.476 e. The summed E-state index contributed by atoms with van der Waals surface area (Å²) in [6.45, 7) is 2.61. The lowest BCUT2D eigenvalue weighted by atomic mass is 10.1. The van der Waals surface area contributed by atoms with Gasteiger partial charge < -0.3 is 10.4 Å². The predicted octanol–water partition coefficient (Wildman–Crippen LogP) is 2.10. The number of nitrogens with one attached hydrogen (secondary N) is 1. The zero-order valence-corrected chi connectivity index (χ0v) is 9.92. The number of benzene rings is 1. The molecule has 0 fully saturated rings. The first kappa shape index (κ1) is 12.0. The first-order chi connectivity index (χ1) is 8.66. The molecule has 92 valence electrons. The summed E-state index contributed by atoms with van der Waals surface area (Å²) in [5, 5.41) is 11.9. The van der Waals surface area contributed by atoms with Crippen LogP contribution in [0, 0.1) is 6.92 Å². The molecule has 5 heteroatoms. The second-order valence-corrected chi connectivity index (χ2v) is 3.87. The van der Waals surface area contributed by atoms with E-state index in [1.807, 2.05) is 31.2 Å². The van der Waals surface area contributed by atoms with E-state index in [4.69, 9.17) is 5.11 Å². The molecule has 0 unspecified atom stereocenters. The summed E-state index contributed by atoms with van der Waals surface area (Å²) in [5.74, 6) is -0.625. The average Bonchev–Trinajstić information content (AvgIpc) is 2.38. The number of carbonyl (C=O) groups is 1. The summed E-state index contributed by atoms with van der Waals surface area (Å²) < 4.78 is 0. The van der Waals surface area contributed by atoms with Gasteiger partial charge in [0, 0.05) is 6.54 Å². The number of aromatic nitrogens is 2. The monoisotopic (exact) mass is 243 g/mol. The van der Waals surface area contributed by atoms with Crippen molar-refractivity contribution in [2.24, 2.45) is 0 Å². The van der Waals surface area contributed by atoms with Gasteiger partial charge in [-0.25, -0.2) is 9.78 Å². The topological polar surface area (TPSA) is 75.1 Å². The molecule has 0 radical (unpaired) electrons. The summed E-state index contributed by atoms with van der Waals surface area (Å²) in [6, 6.07) is 7.97. The minimum absolute atomic E-state index is 0.0650. The Hall–Kier alpha value is -2.43. The van der Waals surface area contributed by atoms with Gasteiger partial charge >= 0.3 is 5.97 Å². The van der Waals surface area contributed by atoms with Crippen molar-refractivity contribution in [2.75, 3.05) is 5.32 Å². The molecule has 0 aliphatic carbocycles. The summed E-state index contributed by atoms with van der Waals surface area (Å²) in [4.78, 5) is 18.5. The van der Waals surface area contributed by atoms with E-state index in [0.717, 1.165) is 5.56 Å². The summed E-state index contributed by atoms with van der Waals surface area (Å²) in [6.07, 6.45) is 2.73. The molecule has 0 spiro atoms. The van der Waals surface area contributed by atoms with Crippen molar-refractivity contribution in [3.63, 3.8) is 0 Å². The van der Waals surface area contributed by atoms with Gasteiger partial charge in [-0.3, -0.25) is 4.98 Å². The minimum atomic E-state index is -1.08. The van der Waals surface area contributed by atoms with Crippen LogP contribution in [0.5, 0.6) is 0 Å². The molecule has 0 aliphatic heterocycles. The van der Waals surface area contributed by atoms with Crippen LogP contribution >= 0.6 is 0 Å². The number of nitrogens with zero attached hydrogens (tertiary/aromatic N) is 2. The van der Waals surface area contributed by atoms with Crippen molar-refractivity contribution >= 4 is 11.8 Å². The molecular weight excluding hydrogens is 230 g/mol. The van der Waals surface area contributed by atoms with Crippen LogP contribution in [0.4, 0.5) is 5.82 Å². The van der Waals surface area contributed by atoms with E-state index in [2.05, 4.69) is 15.3 Å². The second kappa shape index (κ2) is 5.27. The van der Waals surface area contributed by atoms with Crippen molar-refractivity contribution in [3.8, 4) is 0 Å². The Balaban J connectivity index is 2.09. The molecule has 1 heterocycles. The summed E-state index contributed by atoms with van der Waals surface area (Å²) >= 11 is 0. The highest BCUT2D eigenvalue weighted by molar-refractivity contribution is 5.85. The van der Waals surface area contributed by atoms with E-state index in [-0.39, 0.29) is 5.69 Å². The Bertz CT molecular complexity index is 570. The molecule has 5 nitrogen and oxygen atoms in total. The molecule has 2 rings (SSSR count). The van der Waals surface area contributed by atoms with Crippen molar-refractivity contribution in [2.45, 2.75) is 13.5 Å². The number of anilines is 1. The van der Waals surface area contributed by atoms with E-state index in [1.165, 1.54) is 18.0 Å². The van der Waals surface area contributed by atoms with Crippen molar-refractivity contribution in [1.82, 2.24) is 9.97 Å². The molecule has 0 bridgehead atoms. The third-order valence-corrected chi connectivity index (χ3v) is 2.57. The highest BCUT2D eigenvalue weighted by atomic mass is 16.4. The smallest absolute Gasteiger partial charge is 0.356 e. The first-order valence-electron chi connectivity index (χ1n) is 5.50. The predicted molar refractivity (Wildman–Crippen MR) is 67.5 cm³/mol. The fraction of sp³-hybridized carbons (Fsp3) is 0.154. The van der Waals surface area contributed by atoms with Gasteiger partial charge in [-0.15, -0.1) is 0 Å². The zero-order valence-electron chi connectivity index (χ0n) is 9.92. The molecule has 0 saturated carbocycles. The molecule has 1 aromatic carbocycles. The minimum Gasteiger partial charge on any atom is -0.476 e. The van der Waals surface area contributed by atoms with Gasteiger partial charge in [0.25, 0.3) is 0 Å². The van der Waals surface area contributed by atoms with Crippen molar-refractivity contribution in [1.29, 1.82) is 0 Å². The Labute approximate surface area is 105 Å². The molecule has 18 heavy (non-hydrogen) atoms. The van der Waals surface area contributed by atoms with Crippen LogP contribution in [0.25, 0.3) is 0 Å². The van der Waals surface area contributed by atoms with Gasteiger partial charge in [-0.2, -0.15) is 0 Å². The van der Waals surface area contributed by atoms with Crippen LogP contribution in [-0.4, -0.2) is 21.0 Å². The van der Waals surface area contributed by atoms with Gasteiger partial charge in [-0.1, -0.05) is 24.3 Å². The number of hydrogen-bond acceptors (Lipinski definition) is 4. The highest BCUT2D eigenvalue weighted by Crippen LogP contribution is 2.10. The Morgan fingerprint density at radius 3 is 2.83 bits per heavy atom. The van der Waals surface area contributed by atoms with Crippen molar-refractivity contribution in [3.05, 3.63) is 53.5 Å². The molecule has 2 N–H and O–H groups in total. The van der Waals surface area contributed by atoms with Crippen LogP contribution < -0.4 is 5.32 Å².